The van der Waals surface area contributed by atoms with Crippen molar-refractivity contribution in [3.8, 4) is 0 Å². The number of carbonyl (C=O) groups excluding carboxylic acids is 1. The molecule has 1 aliphatic rings. The predicted octanol–water partition coefficient (Wildman–Crippen LogP) is 4.05. The summed E-state index contributed by atoms with van der Waals surface area (Å²) in [7, 11) is 0. The molecule has 0 saturated carbocycles. The number of amides is 1. The van der Waals surface area contributed by atoms with E-state index in [0.717, 1.165) is 46.4 Å². The number of benzene rings is 2. The number of anilines is 1. The lowest BCUT2D eigenvalue weighted by Crippen LogP contribution is -2.19. The smallest absolute Gasteiger partial charge is 0.271 e. The molecule has 0 fully saturated rings. The highest BCUT2D eigenvalue weighted by atomic mass is 32.2. The molecule has 0 unspecified atom stereocenters. The lowest BCUT2D eigenvalue weighted by atomic mass is 10.1. The van der Waals surface area contributed by atoms with E-state index in [0.29, 0.717) is 5.56 Å². The highest BCUT2D eigenvalue weighted by molar-refractivity contribution is 8.14. The maximum Gasteiger partial charge on any atom is 0.271 e. The number of carbonyl (C=O) groups is 1. The molecule has 0 bridgehead atoms. The Morgan fingerprint density at radius 1 is 1.08 bits per heavy atom. The molecule has 2 N–H and O–H groups in total. The van der Waals surface area contributed by atoms with Crippen LogP contribution in [0.1, 0.15) is 34.8 Å². The van der Waals surface area contributed by atoms with E-state index < -0.39 is 0 Å². The van der Waals surface area contributed by atoms with Crippen LogP contribution in [-0.2, 0) is 0 Å². The third-order valence-electron chi connectivity index (χ3n) is 3.99. The van der Waals surface area contributed by atoms with E-state index in [1.807, 2.05) is 50.2 Å². The number of thioether (sulfide) groups is 1. The summed E-state index contributed by atoms with van der Waals surface area (Å²) in [5.41, 5.74) is 7.03. The first kappa shape index (κ1) is 18.2. The fourth-order valence-corrected chi connectivity index (χ4v) is 3.26. The molecule has 134 valence electrons. The van der Waals surface area contributed by atoms with Crippen molar-refractivity contribution in [3.63, 3.8) is 0 Å². The Morgan fingerprint density at radius 2 is 1.77 bits per heavy atom. The van der Waals surface area contributed by atoms with E-state index >= 15 is 0 Å². The van der Waals surface area contributed by atoms with Crippen LogP contribution in [0.25, 0.3) is 0 Å². The summed E-state index contributed by atoms with van der Waals surface area (Å²) in [6.07, 6.45) is 1.14. The van der Waals surface area contributed by atoms with E-state index in [4.69, 9.17) is 0 Å². The predicted molar refractivity (Wildman–Crippen MR) is 110 cm³/mol. The number of hydrazone groups is 1. The second-order valence-corrected chi connectivity index (χ2v) is 7.18. The van der Waals surface area contributed by atoms with E-state index in [1.165, 1.54) is 0 Å². The third kappa shape index (κ3) is 4.95. The number of nitrogens with zero attached hydrogens (tertiary/aromatic N) is 2. The zero-order valence-corrected chi connectivity index (χ0v) is 15.8. The van der Waals surface area contributed by atoms with Gasteiger partial charge in [-0.1, -0.05) is 41.6 Å². The number of amidine groups is 1. The van der Waals surface area contributed by atoms with Gasteiger partial charge in [-0.25, -0.2) is 5.43 Å². The number of hydrogen-bond acceptors (Lipinski definition) is 5. The molecule has 26 heavy (non-hydrogen) atoms. The van der Waals surface area contributed by atoms with Crippen LogP contribution in [0, 0.1) is 6.92 Å². The first-order chi connectivity index (χ1) is 12.6. The Hall–Kier alpha value is -2.60. The van der Waals surface area contributed by atoms with Gasteiger partial charge in [0, 0.05) is 23.5 Å². The third-order valence-corrected chi connectivity index (χ3v) is 4.99. The molecule has 1 aliphatic heterocycles. The number of aryl methyl sites for hydroxylation is 1. The SMILES string of the molecule is C/C(=N/NC(=O)c1ccc(C)cc1)c1ccc(NC2=NCCCS2)cc1. The van der Waals surface area contributed by atoms with Crippen molar-refractivity contribution in [2.45, 2.75) is 20.3 Å². The van der Waals surface area contributed by atoms with Gasteiger partial charge in [-0.15, -0.1) is 0 Å². The minimum atomic E-state index is -0.213. The van der Waals surface area contributed by atoms with Crippen molar-refractivity contribution in [1.82, 2.24) is 5.43 Å². The van der Waals surface area contributed by atoms with E-state index in [1.54, 1.807) is 23.9 Å². The molecule has 2 aromatic carbocycles. The van der Waals surface area contributed by atoms with Crippen molar-refractivity contribution in [3.05, 3.63) is 65.2 Å². The van der Waals surface area contributed by atoms with Crippen molar-refractivity contribution in [1.29, 1.82) is 0 Å². The van der Waals surface area contributed by atoms with E-state index in [2.05, 4.69) is 20.8 Å². The van der Waals surface area contributed by atoms with E-state index in [9.17, 15) is 4.79 Å². The molecule has 3 rings (SSSR count). The fourth-order valence-electron chi connectivity index (χ4n) is 2.42. The molecule has 0 aliphatic carbocycles. The average Bonchev–Trinajstić information content (AvgIpc) is 2.68. The first-order valence-electron chi connectivity index (χ1n) is 8.58. The maximum atomic E-state index is 12.1. The first-order valence-corrected chi connectivity index (χ1v) is 9.56. The summed E-state index contributed by atoms with van der Waals surface area (Å²) >= 11 is 1.75. The Balaban J connectivity index is 1.60. The van der Waals surface area contributed by atoms with Crippen LogP contribution in [-0.4, -0.2) is 29.1 Å². The van der Waals surface area contributed by atoms with Crippen LogP contribution >= 0.6 is 11.8 Å². The zero-order chi connectivity index (χ0) is 18.4. The van der Waals surface area contributed by atoms with Gasteiger partial charge in [0.1, 0.15) is 0 Å². The fraction of sp³-hybridized carbons (Fsp3) is 0.250. The molecule has 6 heteroatoms. The van der Waals surface area contributed by atoms with Gasteiger partial charge in [0.05, 0.1) is 5.71 Å². The molecule has 0 spiro atoms. The van der Waals surface area contributed by atoms with Crippen LogP contribution in [0.5, 0.6) is 0 Å². The molecular weight excluding hydrogens is 344 g/mol. The Bertz CT molecular complexity index is 826. The van der Waals surface area contributed by atoms with Crippen LogP contribution in [0.15, 0.2) is 58.6 Å². The molecule has 0 saturated heterocycles. The Morgan fingerprint density at radius 3 is 2.42 bits per heavy atom. The van der Waals surface area contributed by atoms with Crippen LogP contribution in [0.3, 0.4) is 0 Å². The van der Waals surface area contributed by atoms with Gasteiger partial charge in [-0.2, -0.15) is 5.10 Å². The quantitative estimate of drug-likeness (QED) is 0.634. The standard InChI is InChI=1S/C20H22N4OS/c1-14-4-6-17(7-5-14)19(25)24-23-15(2)16-8-10-18(11-9-16)22-20-21-12-3-13-26-20/h4-11H,3,12-13H2,1-2H3,(H,21,22)(H,24,25)/b23-15-. The number of rotatable bonds is 4. The highest BCUT2D eigenvalue weighted by Crippen LogP contribution is 2.17. The van der Waals surface area contributed by atoms with Crippen molar-refractivity contribution in [2.75, 3.05) is 17.6 Å². The minimum absolute atomic E-state index is 0.213. The summed E-state index contributed by atoms with van der Waals surface area (Å²) < 4.78 is 0. The van der Waals surface area contributed by atoms with Gasteiger partial charge >= 0.3 is 0 Å². The summed E-state index contributed by atoms with van der Waals surface area (Å²) in [5.74, 6) is 0.895. The van der Waals surface area contributed by atoms with Crippen LogP contribution < -0.4 is 10.7 Å². The minimum Gasteiger partial charge on any atom is -0.335 e. The van der Waals surface area contributed by atoms with Gasteiger partial charge in [0.25, 0.3) is 5.91 Å². The molecule has 5 nitrogen and oxygen atoms in total. The second-order valence-electron chi connectivity index (χ2n) is 6.10. The van der Waals surface area contributed by atoms with Gasteiger partial charge in [-0.05, 0) is 50.1 Å². The second kappa shape index (κ2) is 8.67. The monoisotopic (exact) mass is 366 g/mol. The summed E-state index contributed by atoms with van der Waals surface area (Å²) in [5, 5.41) is 8.51. The van der Waals surface area contributed by atoms with Gasteiger partial charge in [0.2, 0.25) is 0 Å². The Kier molecular flexibility index (Phi) is 6.07. The highest BCUT2D eigenvalue weighted by Gasteiger charge is 2.07. The summed E-state index contributed by atoms with van der Waals surface area (Å²) in [6.45, 7) is 4.75. The van der Waals surface area contributed by atoms with Gasteiger partial charge in [0.15, 0.2) is 5.17 Å². The van der Waals surface area contributed by atoms with E-state index in [-0.39, 0.29) is 5.91 Å². The largest absolute Gasteiger partial charge is 0.335 e. The molecule has 0 atom stereocenters. The molecule has 2 aromatic rings. The molecular formula is C20H22N4OS. The summed E-state index contributed by atoms with van der Waals surface area (Å²) in [6, 6.07) is 15.4. The van der Waals surface area contributed by atoms with Crippen molar-refractivity contribution < 1.29 is 4.79 Å². The Labute approximate surface area is 158 Å². The number of hydrogen-bond donors (Lipinski definition) is 2. The number of nitrogens with one attached hydrogen (secondary N) is 2. The molecule has 0 radical (unpaired) electrons. The number of aliphatic imine (C=N–C) groups is 1. The average molecular weight is 366 g/mol. The van der Waals surface area contributed by atoms with Crippen molar-refractivity contribution in [2.24, 2.45) is 10.1 Å². The lowest BCUT2D eigenvalue weighted by Gasteiger charge is -2.13. The zero-order valence-electron chi connectivity index (χ0n) is 15.0. The normalized spacial score (nSPS) is 14.5. The van der Waals surface area contributed by atoms with Crippen LogP contribution in [0.2, 0.25) is 0 Å². The van der Waals surface area contributed by atoms with Crippen LogP contribution in [0.4, 0.5) is 5.69 Å². The lowest BCUT2D eigenvalue weighted by molar-refractivity contribution is 0.0955. The molecule has 1 heterocycles. The maximum absolute atomic E-state index is 12.1. The van der Waals surface area contributed by atoms with Gasteiger partial charge < -0.3 is 5.32 Å². The van der Waals surface area contributed by atoms with Crippen molar-refractivity contribution >= 4 is 34.2 Å². The summed E-state index contributed by atoms with van der Waals surface area (Å²) in [4.78, 5) is 16.6. The molecule has 1 amide bonds. The van der Waals surface area contributed by atoms with Gasteiger partial charge in [-0.3, -0.25) is 9.79 Å². The molecule has 0 aromatic heterocycles. The topological polar surface area (TPSA) is 65.8 Å².